The molecule has 1 fully saturated rings. The van der Waals surface area contributed by atoms with E-state index in [9.17, 15) is 4.79 Å². The normalized spacial score (nSPS) is 14.3. The number of hydrogen-bond acceptors (Lipinski definition) is 9. The number of carbonyl (C=O) groups is 1. The van der Waals surface area contributed by atoms with Crippen LogP contribution in [0.1, 0.15) is 32.8 Å². The molecule has 2 aromatic carbocycles. The Bertz CT molecular complexity index is 1030. The molecule has 7 nitrogen and oxygen atoms in total. The van der Waals surface area contributed by atoms with Crippen LogP contribution in [0.4, 0.5) is 0 Å². The fourth-order valence-corrected chi connectivity index (χ4v) is 5.97. The van der Waals surface area contributed by atoms with Gasteiger partial charge in [-0.15, -0.1) is 23.5 Å². The van der Waals surface area contributed by atoms with Crippen molar-refractivity contribution < 1.29 is 23.5 Å². The maximum atomic E-state index is 12.4. The molecule has 3 aromatic rings. The number of ether oxygens (including phenoxy) is 3. The van der Waals surface area contributed by atoms with Crippen molar-refractivity contribution in [1.82, 2.24) is 10.1 Å². The van der Waals surface area contributed by atoms with Crippen molar-refractivity contribution in [3.63, 3.8) is 0 Å². The van der Waals surface area contributed by atoms with Crippen molar-refractivity contribution in [2.75, 3.05) is 25.7 Å². The fraction of sp³-hybridized carbons (Fsp3) is 0.318. The van der Waals surface area contributed by atoms with Gasteiger partial charge in [-0.3, -0.25) is 0 Å². The van der Waals surface area contributed by atoms with E-state index in [1.165, 1.54) is 23.5 Å². The molecule has 1 aliphatic heterocycles. The third kappa shape index (κ3) is 5.16. The molecule has 0 aliphatic carbocycles. The van der Waals surface area contributed by atoms with Crippen LogP contribution in [0.25, 0.3) is 11.4 Å². The average molecular weight is 459 g/mol. The van der Waals surface area contributed by atoms with Gasteiger partial charge in [0, 0.05) is 5.56 Å². The summed E-state index contributed by atoms with van der Waals surface area (Å²) >= 11 is 3.89. The molecule has 0 radical (unpaired) electrons. The molecule has 0 bridgehead atoms. The molecule has 0 spiro atoms. The van der Waals surface area contributed by atoms with Crippen LogP contribution in [0.2, 0.25) is 0 Å². The zero-order valence-electron chi connectivity index (χ0n) is 17.2. The van der Waals surface area contributed by atoms with Crippen molar-refractivity contribution in [2.45, 2.75) is 17.6 Å². The summed E-state index contributed by atoms with van der Waals surface area (Å²) in [4.78, 5) is 16.7. The summed E-state index contributed by atoms with van der Waals surface area (Å²) in [6, 6.07) is 12.9. The van der Waals surface area contributed by atoms with E-state index in [1.807, 2.05) is 35.7 Å². The lowest BCUT2D eigenvalue weighted by atomic mass is 10.1. The van der Waals surface area contributed by atoms with E-state index >= 15 is 0 Å². The molecule has 4 rings (SSSR count). The van der Waals surface area contributed by atoms with Gasteiger partial charge in [-0.25, -0.2) is 4.79 Å². The summed E-state index contributed by atoms with van der Waals surface area (Å²) in [6.45, 7) is -0.102. The molecule has 162 valence electrons. The highest BCUT2D eigenvalue weighted by atomic mass is 32.2. The van der Waals surface area contributed by atoms with E-state index in [4.69, 9.17) is 18.7 Å². The van der Waals surface area contributed by atoms with Crippen molar-refractivity contribution in [1.29, 1.82) is 0 Å². The lowest BCUT2D eigenvalue weighted by molar-refractivity contribution is 0.0430. The van der Waals surface area contributed by atoms with Crippen molar-refractivity contribution in [3.8, 4) is 22.9 Å². The number of hydrogen-bond donors (Lipinski definition) is 0. The lowest BCUT2D eigenvalue weighted by Crippen LogP contribution is -2.06. The van der Waals surface area contributed by atoms with Crippen LogP contribution in [-0.2, 0) is 11.3 Å². The molecule has 0 atom stereocenters. The zero-order chi connectivity index (χ0) is 21.6. The Hall–Kier alpha value is -2.65. The topological polar surface area (TPSA) is 83.7 Å². The highest BCUT2D eigenvalue weighted by Gasteiger charge is 2.18. The summed E-state index contributed by atoms with van der Waals surface area (Å²) in [5, 5.41) is 3.95. The third-order valence-corrected chi connectivity index (χ3v) is 7.70. The Kier molecular flexibility index (Phi) is 7.03. The molecular formula is C22H22N2O5S2. The van der Waals surface area contributed by atoms with Gasteiger partial charge in [0.2, 0.25) is 5.82 Å². The molecule has 0 saturated carbocycles. The number of benzene rings is 2. The van der Waals surface area contributed by atoms with E-state index in [1.54, 1.807) is 44.6 Å². The van der Waals surface area contributed by atoms with Gasteiger partial charge < -0.3 is 18.7 Å². The Balaban J connectivity index is 1.36. The van der Waals surface area contributed by atoms with E-state index in [2.05, 4.69) is 10.1 Å². The zero-order valence-corrected chi connectivity index (χ0v) is 18.8. The minimum atomic E-state index is -0.429. The standard InChI is InChI=1S/C22H22N2O5S2/c1-26-17-9-8-16(12-18(17)27-2)20-23-19(29-24-20)13-28-21(25)14-4-6-15(7-5-14)22-30-10-3-11-31-22/h4-9,12,22H,3,10-11,13H2,1-2H3. The van der Waals surface area contributed by atoms with Crippen LogP contribution in [0, 0.1) is 0 Å². The average Bonchev–Trinajstić information content (AvgIpc) is 3.32. The molecule has 31 heavy (non-hydrogen) atoms. The predicted octanol–water partition coefficient (Wildman–Crippen LogP) is 4.98. The van der Waals surface area contributed by atoms with Gasteiger partial charge >= 0.3 is 5.97 Å². The number of aromatic nitrogens is 2. The second kappa shape index (κ2) is 10.1. The SMILES string of the molecule is COc1ccc(-c2noc(COC(=O)c3ccc(C4SCCCS4)cc3)n2)cc1OC. The second-order valence-corrected chi connectivity index (χ2v) is 9.43. The Morgan fingerprint density at radius 3 is 2.52 bits per heavy atom. The highest BCUT2D eigenvalue weighted by molar-refractivity contribution is 8.16. The number of carbonyl (C=O) groups excluding carboxylic acids is 1. The maximum absolute atomic E-state index is 12.4. The first kappa shape index (κ1) is 21.6. The van der Waals surface area contributed by atoms with E-state index in [-0.39, 0.29) is 12.5 Å². The first-order valence-electron chi connectivity index (χ1n) is 9.73. The third-order valence-electron chi connectivity index (χ3n) is 4.68. The van der Waals surface area contributed by atoms with Crippen molar-refractivity contribution >= 4 is 29.5 Å². The van der Waals surface area contributed by atoms with Gasteiger partial charge in [0.25, 0.3) is 5.89 Å². The summed E-state index contributed by atoms with van der Waals surface area (Å²) in [5.74, 6) is 3.68. The van der Waals surface area contributed by atoms with Crippen LogP contribution in [0.15, 0.2) is 47.0 Å². The van der Waals surface area contributed by atoms with Crippen molar-refractivity contribution in [2.24, 2.45) is 0 Å². The highest BCUT2D eigenvalue weighted by Crippen LogP contribution is 2.43. The number of rotatable bonds is 7. The first-order chi connectivity index (χ1) is 15.2. The minimum absolute atomic E-state index is 0.102. The lowest BCUT2D eigenvalue weighted by Gasteiger charge is -2.21. The van der Waals surface area contributed by atoms with Crippen LogP contribution in [0.5, 0.6) is 11.5 Å². The summed E-state index contributed by atoms with van der Waals surface area (Å²) in [5.41, 5.74) is 2.42. The molecule has 1 aliphatic rings. The quantitative estimate of drug-likeness (QED) is 0.455. The summed E-state index contributed by atoms with van der Waals surface area (Å²) < 4.78 is 21.5. The van der Waals surface area contributed by atoms with Crippen LogP contribution < -0.4 is 9.47 Å². The van der Waals surface area contributed by atoms with E-state index in [0.717, 1.165) is 0 Å². The van der Waals surface area contributed by atoms with Gasteiger partial charge in [-0.05, 0) is 53.8 Å². The van der Waals surface area contributed by atoms with Gasteiger partial charge in [-0.1, -0.05) is 17.3 Å². The molecule has 1 saturated heterocycles. The fourth-order valence-electron chi connectivity index (χ4n) is 3.07. The molecule has 2 heterocycles. The number of nitrogens with zero attached hydrogens (tertiary/aromatic N) is 2. The van der Waals surface area contributed by atoms with Crippen LogP contribution in [-0.4, -0.2) is 41.8 Å². The molecule has 9 heteroatoms. The molecular weight excluding hydrogens is 436 g/mol. The van der Waals surface area contributed by atoms with Crippen LogP contribution in [0.3, 0.4) is 0 Å². The Morgan fingerprint density at radius 1 is 1.06 bits per heavy atom. The van der Waals surface area contributed by atoms with Gasteiger partial charge in [0.15, 0.2) is 18.1 Å². The Morgan fingerprint density at radius 2 is 1.81 bits per heavy atom. The van der Waals surface area contributed by atoms with E-state index < -0.39 is 5.97 Å². The molecule has 0 unspecified atom stereocenters. The summed E-state index contributed by atoms with van der Waals surface area (Å²) in [6.07, 6.45) is 1.25. The van der Waals surface area contributed by atoms with E-state index in [0.29, 0.717) is 33.0 Å². The maximum Gasteiger partial charge on any atom is 0.338 e. The largest absolute Gasteiger partial charge is 0.493 e. The number of esters is 1. The van der Waals surface area contributed by atoms with Gasteiger partial charge in [0.05, 0.1) is 24.4 Å². The predicted molar refractivity (Wildman–Crippen MR) is 121 cm³/mol. The smallest absolute Gasteiger partial charge is 0.338 e. The molecule has 0 N–H and O–H groups in total. The summed E-state index contributed by atoms with van der Waals surface area (Å²) in [7, 11) is 3.13. The van der Waals surface area contributed by atoms with Gasteiger partial charge in [-0.2, -0.15) is 4.98 Å². The monoisotopic (exact) mass is 458 g/mol. The molecule has 1 aromatic heterocycles. The minimum Gasteiger partial charge on any atom is -0.493 e. The Labute approximate surface area is 188 Å². The van der Waals surface area contributed by atoms with Gasteiger partial charge in [0.1, 0.15) is 0 Å². The first-order valence-corrected chi connectivity index (χ1v) is 11.8. The second-order valence-electron chi connectivity index (χ2n) is 6.71. The number of methoxy groups -OCH3 is 2. The molecule has 0 amide bonds. The van der Waals surface area contributed by atoms with Crippen LogP contribution >= 0.6 is 23.5 Å². The number of thioether (sulfide) groups is 2. The van der Waals surface area contributed by atoms with Crippen molar-refractivity contribution in [3.05, 3.63) is 59.5 Å².